The van der Waals surface area contributed by atoms with E-state index in [0.29, 0.717) is 12.8 Å². The Morgan fingerprint density at radius 3 is 2.11 bits per heavy atom. The van der Waals surface area contributed by atoms with Gasteiger partial charge in [-0.25, -0.2) is 8.42 Å². The van der Waals surface area contributed by atoms with Crippen LogP contribution in [0, 0.1) is 0 Å². The molecule has 0 spiro atoms. The summed E-state index contributed by atoms with van der Waals surface area (Å²) < 4.78 is 59.7. The summed E-state index contributed by atoms with van der Waals surface area (Å²) >= 11 is 0. The normalized spacial score (nSPS) is 38.9. The highest BCUT2D eigenvalue weighted by molar-refractivity contribution is 7.93. The summed E-state index contributed by atoms with van der Waals surface area (Å²) in [4.78, 5) is 0. The SMILES string of the molecule is O=S1(=O)C2CCC1CC(O)(CCCC(F)(F)F)C2. The highest BCUT2D eigenvalue weighted by atomic mass is 32.2. The smallest absolute Gasteiger partial charge is 0.389 e. The van der Waals surface area contributed by atoms with Crippen molar-refractivity contribution in [3.8, 4) is 0 Å². The number of alkyl halides is 3. The molecule has 3 nitrogen and oxygen atoms in total. The van der Waals surface area contributed by atoms with E-state index >= 15 is 0 Å². The molecule has 18 heavy (non-hydrogen) atoms. The first-order valence-electron chi connectivity index (χ1n) is 6.14. The van der Waals surface area contributed by atoms with Gasteiger partial charge < -0.3 is 5.11 Å². The van der Waals surface area contributed by atoms with Crippen LogP contribution in [-0.2, 0) is 9.84 Å². The van der Waals surface area contributed by atoms with Gasteiger partial charge in [0.2, 0.25) is 0 Å². The average Bonchev–Trinajstić information content (AvgIpc) is 2.38. The van der Waals surface area contributed by atoms with Gasteiger partial charge in [-0.1, -0.05) is 0 Å². The van der Waals surface area contributed by atoms with Crippen molar-refractivity contribution in [3.05, 3.63) is 0 Å². The third-order valence-corrected chi connectivity index (χ3v) is 6.72. The number of rotatable bonds is 3. The Morgan fingerprint density at radius 2 is 1.67 bits per heavy atom. The molecule has 2 saturated heterocycles. The topological polar surface area (TPSA) is 54.4 Å². The van der Waals surface area contributed by atoms with E-state index in [-0.39, 0.29) is 25.7 Å². The number of sulfone groups is 1. The van der Waals surface area contributed by atoms with E-state index in [1.165, 1.54) is 0 Å². The van der Waals surface area contributed by atoms with Gasteiger partial charge >= 0.3 is 6.18 Å². The Labute approximate surface area is 104 Å². The van der Waals surface area contributed by atoms with Gasteiger partial charge in [0, 0.05) is 6.42 Å². The molecule has 106 valence electrons. The zero-order valence-electron chi connectivity index (χ0n) is 9.91. The molecule has 2 atom stereocenters. The predicted octanol–water partition coefficient (Wildman–Crippen LogP) is 2.19. The van der Waals surface area contributed by atoms with Crippen LogP contribution in [0.4, 0.5) is 13.2 Å². The van der Waals surface area contributed by atoms with Crippen LogP contribution in [0.25, 0.3) is 0 Å². The van der Waals surface area contributed by atoms with Crippen LogP contribution in [0.5, 0.6) is 0 Å². The van der Waals surface area contributed by atoms with Crippen LogP contribution < -0.4 is 0 Å². The summed E-state index contributed by atoms with van der Waals surface area (Å²) in [7, 11) is -3.14. The Bertz CT molecular complexity index is 396. The van der Waals surface area contributed by atoms with Crippen molar-refractivity contribution >= 4 is 9.84 Å². The molecule has 2 bridgehead atoms. The lowest BCUT2D eigenvalue weighted by Crippen LogP contribution is -2.45. The van der Waals surface area contributed by atoms with Gasteiger partial charge in [0.25, 0.3) is 0 Å². The Balaban J connectivity index is 1.95. The van der Waals surface area contributed by atoms with Crippen LogP contribution in [0.15, 0.2) is 0 Å². The van der Waals surface area contributed by atoms with Crippen molar-refractivity contribution in [3.63, 3.8) is 0 Å². The van der Waals surface area contributed by atoms with E-state index in [0.717, 1.165) is 0 Å². The second kappa shape index (κ2) is 4.37. The molecule has 7 heteroatoms. The largest absolute Gasteiger partial charge is 0.390 e. The Kier molecular flexibility index (Phi) is 3.43. The van der Waals surface area contributed by atoms with Crippen molar-refractivity contribution in [1.82, 2.24) is 0 Å². The van der Waals surface area contributed by atoms with E-state index in [1.807, 2.05) is 0 Å². The molecule has 2 fully saturated rings. The summed E-state index contributed by atoms with van der Waals surface area (Å²) in [6.45, 7) is 0. The van der Waals surface area contributed by atoms with Crippen molar-refractivity contribution in [2.24, 2.45) is 0 Å². The third kappa shape index (κ3) is 2.82. The number of fused-ring (bicyclic) bond motifs is 2. The minimum absolute atomic E-state index is 0.0367. The van der Waals surface area contributed by atoms with Crippen LogP contribution in [0.2, 0.25) is 0 Å². The number of hydrogen-bond donors (Lipinski definition) is 1. The van der Waals surface area contributed by atoms with E-state index in [9.17, 15) is 26.7 Å². The summed E-state index contributed by atoms with van der Waals surface area (Å²) in [5.41, 5.74) is -1.22. The fourth-order valence-corrected chi connectivity index (χ4v) is 5.72. The monoisotopic (exact) mass is 286 g/mol. The molecule has 0 aliphatic carbocycles. The maximum atomic E-state index is 12.0. The molecule has 0 amide bonds. The fraction of sp³-hybridized carbons (Fsp3) is 1.00. The van der Waals surface area contributed by atoms with E-state index in [2.05, 4.69) is 0 Å². The molecule has 1 N–H and O–H groups in total. The molecular formula is C11H17F3O3S. The second-order valence-corrected chi connectivity index (χ2v) is 8.02. The van der Waals surface area contributed by atoms with Crippen molar-refractivity contribution < 1.29 is 26.7 Å². The molecule has 2 aliphatic rings. The molecule has 2 heterocycles. The van der Waals surface area contributed by atoms with Gasteiger partial charge in [0.05, 0.1) is 16.1 Å². The van der Waals surface area contributed by atoms with E-state index in [1.54, 1.807) is 0 Å². The number of halogens is 3. The summed E-state index contributed by atoms with van der Waals surface area (Å²) in [5, 5.41) is 9.15. The van der Waals surface area contributed by atoms with Gasteiger partial charge in [-0.15, -0.1) is 0 Å². The van der Waals surface area contributed by atoms with Gasteiger partial charge in [0.1, 0.15) is 0 Å². The van der Waals surface area contributed by atoms with Crippen molar-refractivity contribution in [1.29, 1.82) is 0 Å². The minimum atomic E-state index is -4.21. The van der Waals surface area contributed by atoms with Gasteiger partial charge in [0.15, 0.2) is 9.84 Å². The predicted molar refractivity (Wildman–Crippen MR) is 59.8 cm³/mol. The number of hydrogen-bond acceptors (Lipinski definition) is 3. The molecule has 0 aromatic rings. The highest BCUT2D eigenvalue weighted by Gasteiger charge is 2.52. The van der Waals surface area contributed by atoms with Crippen LogP contribution in [-0.4, -0.2) is 35.8 Å². The first-order valence-corrected chi connectivity index (χ1v) is 7.75. The first kappa shape index (κ1) is 14.1. The van der Waals surface area contributed by atoms with Gasteiger partial charge in [-0.05, 0) is 38.5 Å². The Hall–Kier alpha value is -0.300. The number of aliphatic hydroxyl groups is 1. The van der Waals surface area contributed by atoms with E-state index in [4.69, 9.17) is 0 Å². The molecule has 2 rings (SSSR count). The van der Waals surface area contributed by atoms with Crippen LogP contribution in [0.3, 0.4) is 0 Å². The molecule has 2 unspecified atom stereocenters. The fourth-order valence-electron chi connectivity index (χ4n) is 3.16. The molecule has 2 aliphatic heterocycles. The lowest BCUT2D eigenvalue weighted by molar-refractivity contribution is -0.138. The lowest BCUT2D eigenvalue weighted by Gasteiger charge is -2.36. The van der Waals surface area contributed by atoms with Crippen LogP contribution in [0.1, 0.15) is 44.9 Å². The van der Waals surface area contributed by atoms with Gasteiger partial charge in [-0.3, -0.25) is 0 Å². The van der Waals surface area contributed by atoms with Gasteiger partial charge in [-0.2, -0.15) is 13.2 Å². The second-order valence-electron chi connectivity index (χ2n) is 5.51. The van der Waals surface area contributed by atoms with Crippen LogP contribution >= 0.6 is 0 Å². The molecule has 0 aromatic carbocycles. The highest BCUT2D eigenvalue weighted by Crippen LogP contribution is 2.45. The molecular weight excluding hydrogens is 269 g/mol. The standard InChI is InChI=1S/C11H17F3O3S/c12-11(13,14)5-1-4-10(15)6-8-2-3-9(7-10)18(8,16)17/h8-9,15H,1-7H2. The quantitative estimate of drug-likeness (QED) is 0.865. The zero-order chi connectivity index (χ0) is 13.6. The molecule has 0 saturated carbocycles. The zero-order valence-corrected chi connectivity index (χ0v) is 10.7. The minimum Gasteiger partial charge on any atom is -0.390 e. The lowest BCUT2D eigenvalue weighted by atomic mass is 9.88. The maximum Gasteiger partial charge on any atom is 0.389 e. The summed E-state index contributed by atoms with van der Waals surface area (Å²) in [6.07, 6.45) is -3.96. The first-order chi connectivity index (χ1) is 8.12. The third-order valence-electron chi connectivity index (χ3n) is 4.06. The average molecular weight is 286 g/mol. The maximum absolute atomic E-state index is 12.0. The van der Waals surface area contributed by atoms with E-state index < -0.39 is 38.5 Å². The molecule has 0 radical (unpaired) electrons. The molecule has 0 aromatic heterocycles. The van der Waals surface area contributed by atoms with Crippen molar-refractivity contribution in [2.75, 3.05) is 0 Å². The Morgan fingerprint density at radius 1 is 1.17 bits per heavy atom. The summed E-state index contributed by atoms with van der Waals surface area (Å²) in [6, 6.07) is 0. The van der Waals surface area contributed by atoms with Crippen molar-refractivity contribution in [2.45, 2.75) is 67.2 Å². The summed E-state index contributed by atoms with van der Waals surface area (Å²) in [5.74, 6) is 0.